The summed E-state index contributed by atoms with van der Waals surface area (Å²) >= 11 is 7.92. The first-order valence-corrected chi connectivity index (χ1v) is 4.51. The molecule has 0 radical (unpaired) electrons. The third-order valence-electron chi connectivity index (χ3n) is 1.56. The van der Waals surface area contributed by atoms with Gasteiger partial charge in [-0.25, -0.2) is 0 Å². The summed E-state index contributed by atoms with van der Waals surface area (Å²) in [6.45, 7) is 0. The smallest absolute Gasteiger partial charge is 0.225 e. The molecule has 0 atom stereocenters. The van der Waals surface area contributed by atoms with E-state index in [-0.39, 0.29) is 22.9 Å². The Kier molecular flexibility index (Phi) is 3.22. The molecule has 1 aliphatic carbocycles. The van der Waals surface area contributed by atoms with E-state index < -0.39 is 4.58 Å². The van der Waals surface area contributed by atoms with E-state index in [1.54, 1.807) is 0 Å². The average Bonchev–Trinajstić information content (AvgIpc) is 2.08. The highest BCUT2D eigenvalue weighted by Gasteiger charge is 2.25. The normalized spacial score (nSPS) is 17.2. The zero-order chi connectivity index (χ0) is 10.0. The lowest BCUT2D eigenvalue weighted by atomic mass is 10.0. The highest BCUT2D eigenvalue weighted by Crippen LogP contribution is 2.21. The van der Waals surface area contributed by atoms with Crippen LogP contribution in [0.5, 0.6) is 0 Å². The second-order valence-corrected chi connectivity index (χ2v) is 3.86. The minimum absolute atomic E-state index is 0.0376. The molecule has 0 N–H and O–H groups in total. The number of Topliss-reactive ketones (excluding diaryl/α,β-unsaturated/α-hetero) is 1. The Morgan fingerprint density at radius 3 is 2.38 bits per heavy atom. The van der Waals surface area contributed by atoms with Crippen LogP contribution in [0.2, 0.25) is 0 Å². The molecule has 70 valence electrons. The molecule has 0 aromatic heterocycles. The van der Waals surface area contributed by atoms with Gasteiger partial charge in [0, 0.05) is 11.6 Å². The quantitative estimate of drug-likeness (QED) is 0.407. The first-order chi connectivity index (χ1) is 6.06. The van der Waals surface area contributed by atoms with E-state index in [9.17, 15) is 9.59 Å². The molecular formula is C8H8O3S2. The molecule has 5 heteroatoms. The first-order valence-electron chi connectivity index (χ1n) is 3.48. The van der Waals surface area contributed by atoms with E-state index in [0.717, 1.165) is 6.08 Å². The van der Waals surface area contributed by atoms with Crippen LogP contribution >= 0.6 is 25.3 Å². The van der Waals surface area contributed by atoms with Crippen LogP contribution in [0.3, 0.4) is 0 Å². The Hall–Kier alpha value is -0.680. The minimum atomic E-state index is -0.560. The minimum Gasteiger partial charge on any atom is -0.493 e. The molecule has 13 heavy (non-hydrogen) atoms. The topological polar surface area (TPSA) is 43.4 Å². The molecule has 0 bridgehead atoms. The second-order valence-electron chi connectivity index (χ2n) is 2.42. The Morgan fingerprint density at radius 2 is 1.92 bits per heavy atom. The van der Waals surface area contributed by atoms with Gasteiger partial charge >= 0.3 is 0 Å². The van der Waals surface area contributed by atoms with E-state index in [4.69, 9.17) is 4.74 Å². The van der Waals surface area contributed by atoms with Crippen LogP contribution in [0.4, 0.5) is 0 Å². The van der Waals surface area contributed by atoms with Crippen molar-refractivity contribution >= 4 is 36.8 Å². The maximum Gasteiger partial charge on any atom is 0.225 e. The molecule has 0 aromatic carbocycles. The molecular weight excluding hydrogens is 208 g/mol. The van der Waals surface area contributed by atoms with E-state index in [1.165, 1.54) is 13.2 Å². The van der Waals surface area contributed by atoms with Gasteiger partial charge in [-0.3, -0.25) is 9.59 Å². The molecule has 1 rings (SSSR count). The highest BCUT2D eigenvalue weighted by atomic mass is 32.2. The third-order valence-corrected chi connectivity index (χ3v) is 2.11. The van der Waals surface area contributed by atoms with Crippen LogP contribution in [0.15, 0.2) is 23.5 Å². The van der Waals surface area contributed by atoms with Crippen molar-refractivity contribution in [1.82, 2.24) is 0 Å². The summed E-state index contributed by atoms with van der Waals surface area (Å²) in [7, 11) is 1.34. The molecule has 1 aliphatic rings. The van der Waals surface area contributed by atoms with Crippen molar-refractivity contribution in [3.63, 3.8) is 0 Å². The average molecular weight is 216 g/mol. The number of carbonyl (C=O) groups excluding carboxylic acids is 2. The molecule has 0 heterocycles. The van der Waals surface area contributed by atoms with Crippen molar-refractivity contribution in [2.45, 2.75) is 4.58 Å². The van der Waals surface area contributed by atoms with E-state index in [1.807, 2.05) is 0 Å². The number of hydrogen-bond donors (Lipinski definition) is 2. The molecule has 0 spiro atoms. The number of rotatable bonds is 2. The van der Waals surface area contributed by atoms with Gasteiger partial charge < -0.3 is 4.74 Å². The number of thiol groups is 2. The molecule has 0 aromatic rings. The first kappa shape index (κ1) is 10.4. The van der Waals surface area contributed by atoms with E-state index in [0.29, 0.717) is 0 Å². The Labute approximate surface area is 86.7 Å². The fraction of sp³-hybridized carbons (Fsp3) is 0.250. The van der Waals surface area contributed by atoms with Crippen LogP contribution in [0.25, 0.3) is 0 Å². The number of carbonyl (C=O) groups is 2. The van der Waals surface area contributed by atoms with Crippen LogP contribution in [-0.4, -0.2) is 23.3 Å². The molecule has 0 amide bonds. The number of allylic oxidation sites excluding steroid dienone is 3. The lowest BCUT2D eigenvalue weighted by molar-refractivity contribution is -0.117. The lowest BCUT2D eigenvalue weighted by Gasteiger charge is -2.13. The van der Waals surface area contributed by atoms with Crippen LogP contribution in [-0.2, 0) is 14.3 Å². The van der Waals surface area contributed by atoms with Gasteiger partial charge in [-0.05, 0) is 6.08 Å². The predicted molar refractivity (Wildman–Crippen MR) is 54.9 cm³/mol. The fourth-order valence-corrected chi connectivity index (χ4v) is 1.32. The van der Waals surface area contributed by atoms with Crippen molar-refractivity contribution < 1.29 is 14.3 Å². The summed E-state index contributed by atoms with van der Waals surface area (Å²) in [5.74, 6) is -0.577. The van der Waals surface area contributed by atoms with Gasteiger partial charge in [-0.1, -0.05) is 0 Å². The summed E-state index contributed by atoms with van der Waals surface area (Å²) in [5, 5.41) is 0. The molecule has 0 aliphatic heterocycles. The Bertz CT molecular complexity index is 315. The van der Waals surface area contributed by atoms with Crippen molar-refractivity contribution in [2.24, 2.45) is 0 Å². The van der Waals surface area contributed by atoms with Crippen molar-refractivity contribution in [2.75, 3.05) is 7.11 Å². The van der Waals surface area contributed by atoms with Gasteiger partial charge in [0.05, 0.1) is 11.7 Å². The predicted octanol–water partition coefficient (Wildman–Crippen LogP) is 0.781. The SMILES string of the molecule is COC1=CC(=O)C=C(C(S)S)C1=O. The molecule has 0 unspecified atom stereocenters. The van der Waals surface area contributed by atoms with Gasteiger partial charge in [-0.2, -0.15) is 25.3 Å². The third kappa shape index (κ3) is 2.16. The number of methoxy groups -OCH3 is 1. The summed E-state index contributed by atoms with van der Waals surface area (Å²) in [5.41, 5.74) is 0.246. The van der Waals surface area contributed by atoms with Gasteiger partial charge in [0.25, 0.3) is 0 Å². The van der Waals surface area contributed by atoms with Gasteiger partial charge in [-0.15, -0.1) is 0 Å². The van der Waals surface area contributed by atoms with Gasteiger partial charge in [0.2, 0.25) is 5.78 Å². The number of ketones is 2. The summed E-state index contributed by atoms with van der Waals surface area (Å²) in [6, 6.07) is 0. The Balaban J connectivity index is 3.02. The number of hydrogen-bond acceptors (Lipinski definition) is 5. The summed E-state index contributed by atoms with van der Waals surface area (Å²) in [6.07, 6.45) is 2.37. The second kappa shape index (κ2) is 4.02. The van der Waals surface area contributed by atoms with Crippen molar-refractivity contribution in [3.8, 4) is 0 Å². The fourth-order valence-electron chi connectivity index (χ4n) is 0.941. The monoisotopic (exact) mass is 216 g/mol. The van der Waals surface area contributed by atoms with Crippen LogP contribution < -0.4 is 0 Å². The Morgan fingerprint density at radius 1 is 1.31 bits per heavy atom. The van der Waals surface area contributed by atoms with E-state index >= 15 is 0 Å². The summed E-state index contributed by atoms with van der Waals surface area (Å²) in [4.78, 5) is 22.5. The van der Waals surface area contributed by atoms with Gasteiger partial charge in [0.15, 0.2) is 11.5 Å². The van der Waals surface area contributed by atoms with Crippen LogP contribution in [0.1, 0.15) is 0 Å². The van der Waals surface area contributed by atoms with Crippen LogP contribution in [0, 0.1) is 0 Å². The maximum absolute atomic E-state index is 11.4. The maximum atomic E-state index is 11.4. The van der Waals surface area contributed by atoms with E-state index in [2.05, 4.69) is 25.3 Å². The standard InChI is InChI=1S/C8H8O3S2/c1-11-6-3-4(9)2-5(7(6)10)8(12)13/h2-3,8,12-13H,1H3. The zero-order valence-corrected chi connectivity index (χ0v) is 8.64. The number of ether oxygens (including phenoxy) is 1. The lowest BCUT2D eigenvalue weighted by Crippen LogP contribution is -2.19. The summed E-state index contributed by atoms with van der Waals surface area (Å²) < 4.78 is 4.18. The van der Waals surface area contributed by atoms with Gasteiger partial charge in [0.1, 0.15) is 0 Å². The van der Waals surface area contributed by atoms with Crippen molar-refractivity contribution in [1.29, 1.82) is 0 Å². The highest BCUT2D eigenvalue weighted by molar-refractivity contribution is 7.99. The molecule has 0 saturated carbocycles. The molecule has 0 saturated heterocycles. The molecule has 0 fully saturated rings. The largest absolute Gasteiger partial charge is 0.493 e. The van der Waals surface area contributed by atoms with Crippen molar-refractivity contribution in [3.05, 3.63) is 23.5 Å². The molecule has 3 nitrogen and oxygen atoms in total. The zero-order valence-electron chi connectivity index (χ0n) is 6.85.